The van der Waals surface area contributed by atoms with Gasteiger partial charge in [0.05, 0.1) is 0 Å². The maximum atomic E-state index is 12.1. The van der Waals surface area contributed by atoms with Crippen molar-refractivity contribution in [2.24, 2.45) is 17.6 Å². The van der Waals surface area contributed by atoms with Gasteiger partial charge in [-0.1, -0.05) is 6.92 Å². The first-order chi connectivity index (χ1) is 10.6. The number of nitrogens with two attached hydrogens (primary N) is 1. The van der Waals surface area contributed by atoms with Gasteiger partial charge in [-0.3, -0.25) is 4.79 Å². The number of urea groups is 1. The van der Waals surface area contributed by atoms with Crippen molar-refractivity contribution >= 4 is 11.9 Å². The molecule has 0 atom stereocenters. The Labute approximate surface area is 133 Å². The highest BCUT2D eigenvalue weighted by molar-refractivity contribution is 5.81. The van der Waals surface area contributed by atoms with Crippen molar-refractivity contribution in [3.63, 3.8) is 0 Å². The zero-order valence-electron chi connectivity index (χ0n) is 13.7. The monoisotopic (exact) mass is 307 g/mol. The highest BCUT2D eigenvalue weighted by Gasteiger charge is 2.38. The van der Waals surface area contributed by atoms with Crippen molar-refractivity contribution in [3.05, 3.63) is 0 Å². The van der Waals surface area contributed by atoms with Gasteiger partial charge >= 0.3 is 6.03 Å². The van der Waals surface area contributed by atoms with E-state index < -0.39 is 0 Å². The minimum atomic E-state index is -0.272. The molecule has 3 aliphatic rings. The Kier molecular flexibility index (Phi) is 4.59. The summed E-state index contributed by atoms with van der Waals surface area (Å²) in [5.41, 5.74) is 5.69. The SMILES string of the molecule is C[C@H]1CC[C@H](N(C(N)=O)C2CCN(C(=O)C3CC3)CC2)CC1. The van der Waals surface area contributed by atoms with Gasteiger partial charge in [0.15, 0.2) is 0 Å². The van der Waals surface area contributed by atoms with Gasteiger partial charge in [0.2, 0.25) is 5.91 Å². The Bertz CT molecular complexity index is 420. The molecule has 5 nitrogen and oxygen atoms in total. The van der Waals surface area contributed by atoms with Crippen LogP contribution in [-0.4, -0.2) is 46.9 Å². The fourth-order valence-corrected chi connectivity index (χ4v) is 4.13. The van der Waals surface area contributed by atoms with E-state index in [1.165, 1.54) is 12.8 Å². The van der Waals surface area contributed by atoms with Crippen LogP contribution >= 0.6 is 0 Å². The van der Waals surface area contributed by atoms with Crippen LogP contribution in [0.1, 0.15) is 58.3 Å². The zero-order chi connectivity index (χ0) is 15.7. The predicted octanol–water partition coefficient (Wildman–Crippen LogP) is 2.35. The van der Waals surface area contributed by atoms with Gasteiger partial charge in [-0.2, -0.15) is 0 Å². The summed E-state index contributed by atoms with van der Waals surface area (Å²) in [4.78, 5) is 28.1. The summed E-state index contributed by atoms with van der Waals surface area (Å²) in [7, 11) is 0. The summed E-state index contributed by atoms with van der Waals surface area (Å²) in [6, 6.07) is 0.259. The smallest absolute Gasteiger partial charge is 0.315 e. The first-order valence-corrected chi connectivity index (χ1v) is 8.93. The van der Waals surface area contributed by atoms with E-state index in [0.717, 1.165) is 57.5 Å². The average Bonchev–Trinajstić information content (AvgIpc) is 3.34. The molecule has 2 aliphatic carbocycles. The van der Waals surface area contributed by atoms with Gasteiger partial charge in [-0.15, -0.1) is 0 Å². The molecule has 0 unspecified atom stereocenters. The molecule has 0 aromatic rings. The second-order valence-electron chi connectivity index (χ2n) is 7.49. The van der Waals surface area contributed by atoms with Crippen LogP contribution in [0.15, 0.2) is 0 Å². The molecule has 1 heterocycles. The number of hydrogen-bond donors (Lipinski definition) is 1. The fourth-order valence-electron chi connectivity index (χ4n) is 4.13. The molecule has 0 aromatic heterocycles. The summed E-state index contributed by atoms with van der Waals surface area (Å²) < 4.78 is 0. The first kappa shape index (κ1) is 15.6. The third-order valence-electron chi connectivity index (χ3n) is 5.73. The summed E-state index contributed by atoms with van der Waals surface area (Å²) >= 11 is 0. The number of carbonyl (C=O) groups is 2. The fraction of sp³-hybridized carbons (Fsp3) is 0.882. The van der Waals surface area contributed by atoms with E-state index in [2.05, 4.69) is 6.92 Å². The average molecular weight is 307 g/mol. The van der Waals surface area contributed by atoms with Crippen molar-refractivity contribution in [2.45, 2.75) is 70.4 Å². The van der Waals surface area contributed by atoms with Crippen LogP contribution in [0.25, 0.3) is 0 Å². The van der Waals surface area contributed by atoms with E-state index in [0.29, 0.717) is 17.9 Å². The Morgan fingerprint density at radius 1 is 0.909 bits per heavy atom. The molecular formula is C17H29N3O2. The van der Waals surface area contributed by atoms with Crippen LogP contribution in [0.3, 0.4) is 0 Å². The summed E-state index contributed by atoms with van der Waals surface area (Å²) in [6.45, 7) is 3.85. The Hall–Kier alpha value is -1.26. The molecule has 3 rings (SSSR count). The molecule has 0 aromatic carbocycles. The third-order valence-corrected chi connectivity index (χ3v) is 5.73. The Morgan fingerprint density at radius 2 is 1.45 bits per heavy atom. The normalized spacial score (nSPS) is 30.1. The summed E-state index contributed by atoms with van der Waals surface area (Å²) in [5.74, 6) is 1.39. The summed E-state index contributed by atoms with van der Waals surface area (Å²) in [5, 5.41) is 0. The van der Waals surface area contributed by atoms with Crippen LogP contribution < -0.4 is 5.73 Å². The molecule has 1 aliphatic heterocycles. The molecule has 0 bridgehead atoms. The van der Waals surface area contributed by atoms with Crippen LogP contribution in [0.2, 0.25) is 0 Å². The van der Waals surface area contributed by atoms with Crippen LogP contribution in [0.5, 0.6) is 0 Å². The maximum absolute atomic E-state index is 12.1. The molecule has 3 amide bonds. The van der Waals surface area contributed by atoms with Gasteiger partial charge in [0.1, 0.15) is 0 Å². The second-order valence-corrected chi connectivity index (χ2v) is 7.49. The zero-order valence-corrected chi connectivity index (χ0v) is 13.7. The molecule has 1 saturated heterocycles. The van der Waals surface area contributed by atoms with E-state index in [1.54, 1.807) is 0 Å². The summed E-state index contributed by atoms with van der Waals surface area (Å²) in [6.07, 6.45) is 8.41. The number of hydrogen-bond acceptors (Lipinski definition) is 2. The number of likely N-dealkylation sites (tertiary alicyclic amines) is 1. The lowest BCUT2D eigenvalue weighted by molar-refractivity contribution is -0.134. The number of piperidine rings is 1. The largest absolute Gasteiger partial charge is 0.351 e. The van der Waals surface area contributed by atoms with Crippen LogP contribution in [-0.2, 0) is 4.79 Å². The molecule has 2 N–H and O–H groups in total. The predicted molar refractivity (Wildman–Crippen MR) is 85.2 cm³/mol. The first-order valence-electron chi connectivity index (χ1n) is 8.93. The van der Waals surface area contributed by atoms with E-state index in [9.17, 15) is 9.59 Å². The molecule has 3 fully saturated rings. The Morgan fingerprint density at radius 3 is 1.95 bits per heavy atom. The van der Waals surface area contributed by atoms with E-state index in [4.69, 9.17) is 5.73 Å². The van der Waals surface area contributed by atoms with E-state index in [1.807, 2.05) is 9.80 Å². The van der Waals surface area contributed by atoms with Gasteiger partial charge < -0.3 is 15.5 Å². The number of carbonyl (C=O) groups excluding carboxylic acids is 2. The second kappa shape index (κ2) is 6.47. The van der Waals surface area contributed by atoms with Gasteiger partial charge in [-0.25, -0.2) is 4.79 Å². The highest BCUT2D eigenvalue weighted by atomic mass is 16.2. The van der Waals surface area contributed by atoms with Crippen molar-refractivity contribution in [2.75, 3.05) is 13.1 Å². The molecule has 2 saturated carbocycles. The minimum absolute atomic E-state index is 0.221. The third kappa shape index (κ3) is 3.39. The van der Waals surface area contributed by atoms with Crippen molar-refractivity contribution in [3.8, 4) is 0 Å². The van der Waals surface area contributed by atoms with Crippen molar-refractivity contribution in [1.82, 2.24) is 9.80 Å². The van der Waals surface area contributed by atoms with E-state index in [-0.39, 0.29) is 12.1 Å². The van der Waals surface area contributed by atoms with Crippen molar-refractivity contribution < 1.29 is 9.59 Å². The van der Waals surface area contributed by atoms with E-state index >= 15 is 0 Å². The quantitative estimate of drug-likeness (QED) is 0.869. The standard InChI is InChI=1S/C17H29N3O2/c1-12-2-6-14(7-3-12)20(17(18)22)15-8-10-19(11-9-15)16(21)13-4-5-13/h12-15H,2-11H2,1H3,(H2,18,22)/t12-,14-. The Balaban J connectivity index is 1.56. The van der Waals surface area contributed by atoms with Gasteiger partial charge in [0.25, 0.3) is 0 Å². The molecule has 5 heteroatoms. The molecule has 0 spiro atoms. The molecule has 22 heavy (non-hydrogen) atoms. The number of nitrogens with zero attached hydrogens (tertiary/aromatic N) is 2. The number of rotatable bonds is 3. The molecule has 0 radical (unpaired) electrons. The van der Waals surface area contributed by atoms with Gasteiger partial charge in [-0.05, 0) is 57.3 Å². The minimum Gasteiger partial charge on any atom is -0.351 e. The van der Waals surface area contributed by atoms with Crippen molar-refractivity contribution in [1.29, 1.82) is 0 Å². The number of amides is 3. The lowest BCUT2D eigenvalue weighted by Crippen LogP contribution is -2.55. The topological polar surface area (TPSA) is 66.6 Å². The van der Waals surface area contributed by atoms with Crippen LogP contribution in [0, 0.1) is 11.8 Å². The lowest BCUT2D eigenvalue weighted by Gasteiger charge is -2.43. The lowest BCUT2D eigenvalue weighted by atomic mass is 9.85. The molecule has 124 valence electrons. The number of primary amides is 1. The highest BCUT2D eigenvalue weighted by Crippen LogP contribution is 2.33. The van der Waals surface area contributed by atoms with Gasteiger partial charge in [0, 0.05) is 31.1 Å². The maximum Gasteiger partial charge on any atom is 0.315 e. The van der Waals surface area contributed by atoms with Crippen LogP contribution in [0.4, 0.5) is 4.79 Å². The molecular weight excluding hydrogens is 278 g/mol.